The molecule has 1 N–H and O–H groups in total. The number of benzene rings is 1. The molecule has 1 aromatic carbocycles. The zero-order valence-electron chi connectivity index (χ0n) is 10.1. The van der Waals surface area contributed by atoms with Crippen molar-refractivity contribution in [1.29, 1.82) is 0 Å². The zero-order valence-corrected chi connectivity index (χ0v) is 10.1. The summed E-state index contributed by atoms with van der Waals surface area (Å²) >= 11 is 0. The molecule has 2 rings (SSSR count). The highest BCUT2D eigenvalue weighted by Gasteiger charge is 2.52. The Hall–Kier alpha value is -1.93. The quantitative estimate of drug-likeness (QED) is 0.809. The molecule has 0 aliphatic carbocycles. The van der Waals surface area contributed by atoms with E-state index in [1.165, 1.54) is 0 Å². The molecule has 2 atom stereocenters. The summed E-state index contributed by atoms with van der Waals surface area (Å²) < 4.78 is 80.4. The van der Waals surface area contributed by atoms with E-state index in [0.29, 0.717) is 12.1 Å². The van der Waals surface area contributed by atoms with Crippen molar-refractivity contribution in [3.63, 3.8) is 0 Å². The minimum absolute atomic E-state index is 0.210. The molecule has 21 heavy (non-hydrogen) atoms. The monoisotopic (exact) mass is 314 g/mol. The van der Waals surface area contributed by atoms with E-state index in [1.54, 1.807) is 0 Å². The van der Waals surface area contributed by atoms with Crippen molar-refractivity contribution < 1.29 is 41.0 Å². The predicted octanol–water partition coefficient (Wildman–Crippen LogP) is 3.27. The first kappa shape index (κ1) is 15.5. The Morgan fingerprint density at radius 1 is 1.19 bits per heavy atom. The van der Waals surface area contributed by atoms with Gasteiger partial charge in [0.2, 0.25) is 6.10 Å². The van der Waals surface area contributed by atoms with Crippen molar-refractivity contribution in [1.82, 2.24) is 0 Å². The maximum absolute atomic E-state index is 12.7. The first-order valence-electron chi connectivity index (χ1n) is 5.66. The molecule has 1 heterocycles. The molecule has 0 spiro atoms. The number of rotatable bonds is 1. The molecule has 1 aliphatic rings. The van der Waals surface area contributed by atoms with Crippen molar-refractivity contribution in [3.8, 4) is 5.75 Å². The fraction of sp³-hybridized carbons (Fsp3) is 0.417. The smallest absolute Gasteiger partial charge is 0.426 e. The van der Waals surface area contributed by atoms with Crippen molar-refractivity contribution in [2.45, 2.75) is 24.9 Å². The van der Waals surface area contributed by atoms with Crippen molar-refractivity contribution in [2.24, 2.45) is 5.92 Å². The van der Waals surface area contributed by atoms with Gasteiger partial charge in [-0.3, -0.25) is 4.79 Å². The number of ether oxygens (including phenoxy) is 1. The molecule has 0 aromatic heterocycles. The number of carboxylic acids is 1. The second-order valence-electron chi connectivity index (χ2n) is 4.55. The van der Waals surface area contributed by atoms with Crippen LogP contribution >= 0.6 is 0 Å². The molecule has 0 radical (unpaired) electrons. The topological polar surface area (TPSA) is 46.5 Å². The van der Waals surface area contributed by atoms with Gasteiger partial charge in [-0.05, 0) is 30.2 Å². The summed E-state index contributed by atoms with van der Waals surface area (Å²) in [5, 5.41) is 8.82. The van der Waals surface area contributed by atoms with E-state index in [-0.39, 0.29) is 11.3 Å². The largest absolute Gasteiger partial charge is 0.481 e. The van der Waals surface area contributed by atoms with Crippen LogP contribution in [0.15, 0.2) is 18.2 Å². The first-order chi connectivity index (χ1) is 9.50. The second-order valence-corrected chi connectivity index (χ2v) is 4.55. The fourth-order valence-corrected chi connectivity index (χ4v) is 2.10. The number of carboxylic acid groups (broad SMARTS) is 1. The third-order valence-electron chi connectivity index (χ3n) is 3.09. The summed E-state index contributed by atoms with van der Waals surface area (Å²) in [6, 6.07) is 1.97. The Bertz CT molecular complexity index is 563. The number of carbonyl (C=O) groups is 1. The minimum Gasteiger partial charge on any atom is -0.481 e. The highest BCUT2D eigenvalue weighted by atomic mass is 19.4. The highest BCUT2D eigenvalue weighted by molar-refractivity contribution is 5.72. The number of halogens is 6. The zero-order chi connectivity index (χ0) is 16.0. The summed E-state index contributed by atoms with van der Waals surface area (Å²) in [6.45, 7) is 0. The Morgan fingerprint density at radius 3 is 2.29 bits per heavy atom. The molecular formula is C12H8F6O3. The average Bonchev–Trinajstić information content (AvgIpc) is 2.34. The van der Waals surface area contributed by atoms with Crippen LogP contribution in [0.1, 0.15) is 11.1 Å². The lowest BCUT2D eigenvalue weighted by molar-refractivity contribution is -0.217. The van der Waals surface area contributed by atoms with Gasteiger partial charge < -0.3 is 9.84 Å². The molecule has 1 aliphatic heterocycles. The Balaban J connectivity index is 2.43. The minimum atomic E-state index is -4.93. The van der Waals surface area contributed by atoms with Crippen molar-refractivity contribution >= 4 is 5.97 Å². The van der Waals surface area contributed by atoms with Crippen LogP contribution in [-0.2, 0) is 17.4 Å². The molecule has 0 amide bonds. The molecule has 0 fully saturated rings. The standard InChI is InChI=1S/C12H8F6O3/c13-11(14,15)6-1-2-8-5(3-6)4-7(10(19)20)9(21-8)12(16,17)18/h1-3,7,9H,4H2,(H,19,20)/t7-,9+/m1/s1. The van der Waals surface area contributed by atoms with Crippen LogP contribution in [0.2, 0.25) is 0 Å². The maximum atomic E-state index is 12.7. The Morgan fingerprint density at radius 2 is 1.81 bits per heavy atom. The Labute approximate surface area is 114 Å². The van der Waals surface area contributed by atoms with Crippen molar-refractivity contribution in [2.75, 3.05) is 0 Å². The van der Waals surface area contributed by atoms with E-state index < -0.39 is 42.3 Å². The van der Waals surface area contributed by atoms with Crippen LogP contribution in [0.3, 0.4) is 0 Å². The SMILES string of the molecule is O=C(O)[C@@H]1Cc2cc(C(F)(F)F)ccc2O[C@@H]1C(F)(F)F. The average molecular weight is 314 g/mol. The van der Waals surface area contributed by atoms with Gasteiger partial charge in [-0.1, -0.05) is 0 Å². The third kappa shape index (κ3) is 3.06. The van der Waals surface area contributed by atoms with E-state index in [4.69, 9.17) is 5.11 Å². The summed E-state index contributed by atoms with van der Waals surface area (Å²) in [6.07, 6.45) is -12.9. The first-order valence-corrected chi connectivity index (χ1v) is 5.66. The molecule has 9 heteroatoms. The Kier molecular flexibility index (Phi) is 3.54. The molecule has 0 bridgehead atoms. The summed E-state index contributed by atoms with van der Waals surface area (Å²) in [4.78, 5) is 10.9. The van der Waals surface area contributed by atoms with E-state index >= 15 is 0 Å². The summed E-state index contributed by atoms with van der Waals surface area (Å²) in [7, 11) is 0. The summed E-state index contributed by atoms with van der Waals surface area (Å²) in [5.41, 5.74) is -1.28. The van der Waals surface area contributed by atoms with Crippen LogP contribution in [0.4, 0.5) is 26.3 Å². The van der Waals surface area contributed by atoms with Gasteiger partial charge in [-0.2, -0.15) is 26.3 Å². The predicted molar refractivity (Wildman–Crippen MR) is 56.7 cm³/mol. The van der Waals surface area contributed by atoms with E-state index in [1.807, 2.05) is 0 Å². The van der Waals surface area contributed by atoms with Crippen LogP contribution in [-0.4, -0.2) is 23.4 Å². The third-order valence-corrected chi connectivity index (χ3v) is 3.09. The van der Waals surface area contributed by atoms with Crippen LogP contribution in [0.25, 0.3) is 0 Å². The number of fused-ring (bicyclic) bond motifs is 1. The number of hydrogen-bond acceptors (Lipinski definition) is 2. The van der Waals surface area contributed by atoms with E-state index in [0.717, 1.165) is 6.07 Å². The normalized spacial score (nSPS) is 22.4. The lowest BCUT2D eigenvalue weighted by atomic mass is 9.89. The second kappa shape index (κ2) is 4.81. The lowest BCUT2D eigenvalue weighted by Crippen LogP contribution is -2.47. The van der Waals surface area contributed by atoms with Gasteiger partial charge in [0.15, 0.2) is 0 Å². The van der Waals surface area contributed by atoms with Gasteiger partial charge in [0.25, 0.3) is 0 Å². The van der Waals surface area contributed by atoms with Crippen LogP contribution in [0, 0.1) is 5.92 Å². The van der Waals surface area contributed by atoms with Crippen molar-refractivity contribution in [3.05, 3.63) is 29.3 Å². The van der Waals surface area contributed by atoms with Gasteiger partial charge in [-0.25, -0.2) is 0 Å². The highest BCUT2D eigenvalue weighted by Crippen LogP contribution is 2.40. The summed E-state index contributed by atoms with van der Waals surface area (Å²) in [5.74, 6) is -4.15. The lowest BCUT2D eigenvalue weighted by Gasteiger charge is -2.32. The van der Waals surface area contributed by atoms with Gasteiger partial charge >= 0.3 is 18.3 Å². The van der Waals surface area contributed by atoms with Crippen LogP contribution < -0.4 is 4.74 Å². The fourth-order valence-electron chi connectivity index (χ4n) is 2.10. The molecular weight excluding hydrogens is 306 g/mol. The molecule has 0 unspecified atom stereocenters. The van der Waals surface area contributed by atoms with Gasteiger partial charge in [0.1, 0.15) is 11.7 Å². The van der Waals surface area contributed by atoms with Gasteiger partial charge in [-0.15, -0.1) is 0 Å². The molecule has 0 saturated carbocycles. The van der Waals surface area contributed by atoms with Gasteiger partial charge in [0.05, 0.1) is 5.56 Å². The molecule has 0 saturated heterocycles. The van der Waals surface area contributed by atoms with E-state index in [2.05, 4.69) is 4.74 Å². The van der Waals surface area contributed by atoms with Crippen LogP contribution in [0.5, 0.6) is 5.75 Å². The van der Waals surface area contributed by atoms with E-state index in [9.17, 15) is 31.1 Å². The molecule has 3 nitrogen and oxygen atoms in total. The maximum Gasteiger partial charge on any atom is 0.426 e. The number of aliphatic carboxylic acids is 1. The molecule has 1 aromatic rings. The van der Waals surface area contributed by atoms with Gasteiger partial charge in [0, 0.05) is 0 Å². The molecule has 116 valence electrons. The number of hydrogen-bond donors (Lipinski definition) is 1. The number of alkyl halides is 6.